The number of hydrogen-bond acceptors (Lipinski definition) is 5. The number of nitrogens with zero attached hydrogens (tertiary/aromatic N) is 2. The summed E-state index contributed by atoms with van der Waals surface area (Å²) in [5.74, 6) is -1.15. The molecule has 4 rings (SSSR count). The van der Waals surface area contributed by atoms with Crippen molar-refractivity contribution in [2.75, 3.05) is 7.05 Å². The molecule has 7 heteroatoms. The SMILES string of the molecule is CN1C(C(=O)c2cccc(-c3cccc(C#N)c3)c2)C(=O)c2ccccc2S1(=O)=O. The quantitative estimate of drug-likeness (QED) is 0.482. The van der Waals surface area contributed by atoms with Gasteiger partial charge in [-0.05, 0) is 41.5 Å². The van der Waals surface area contributed by atoms with E-state index in [2.05, 4.69) is 6.07 Å². The number of Topliss-reactive ketones (excluding diaryl/α,β-unsaturated/α-hetero) is 2. The number of carbonyl (C=O) groups is 2. The van der Waals surface area contributed by atoms with Gasteiger partial charge < -0.3 is 0 Å². The first-order chi connectivity index (χ1) is 14.3. The molecule has 0 spiro atoms. The molecule has 0 saturated heterocycles. The van der Waals surface area contributed by atoms with E-state index in [0.29, 0.717) is 11.1 Å². The maximum atomic E-state index is 13.2. The van der Waals surface area contributed by atoms with Crippen LogP contribution in [0.3, 0.4) is 0 Å². The van der Waals surface area contributed by atoms with Crippen molar-refractivity contribution < 1.29 is 18.0 Å². The Morgan fingerprint density at radius 2 is 1.63 bits per heavy atom. The third kappa shape index (κ3) is 3.12. The number of ketones is 2. The Balaban J connectivity index is 1.77. The summed E-state index contributed by atoms with van der Waals surface area (Å²) in [4.78, 5) is 26.2. The molecule has 1 aliphatic heterocycles. The number of rotatable bonds is 3. The smallest absolute Gasteiger partial charge is 0.244 e. The zero-order chi connectivity index (χ0) is 21.5. The Morgan fingerprint density at radius 1 is 0.967 bits per heavy atom. The molecule has 1 unspecified atom stereocenters. The Morgan fingerprint density at radius 3 is 2.37 bits per heavy atom. The van der Waals surface area contributed by atoms with Crippen LogP contribution in [0.5, 0.6) is 0 Å². The zero-order valence-electron chi connectivity index (χ0n) is 15.9. The summed E-state index contributed by atoms with van der Waals surface area (Å²) >= 11 is 0. The summed E-state index contributed by atoms with van der Waals surface area (Å²) in [5, 5.41) is 9.11. The van der Waals surface area contributed by atoms with Crippen LogP contribution in [0.25, 0.3) is 11.1 Å². The fourth-order valence-electron chi connectivity index (χ4n) is 3.56. The van der Waals surface area contributed by atoms with Gasteiger partial charge in [0.2, 0.25) is 10.0 Å². The van der Waals surface area contributed by atoms with Gasteiger partial charge in [-0.15, -0.1) is 0 Å². The van der Waals surface area contributed by atoms with E-state index in [4.69, 9.17) is 5.26 Å². The van der Waals surface area contributed by atoms with Crippen molar-refractivity contribution in [1.82, 2.24) is 4.31 Å². The van der Waals surface area contributed by atoms with Crippen LogP contribution in [0.4, 0.5) is 0 Å². The van der Waals surface area contributed by atoms with Crippen molar-refractivity contribution in [3.63, 3.8) is 0 Å². The van der Waals surface area contributed by atoms with E-state index in [1.54, 1.807) is 54.6 Å². The first kappa shape index (κ1) is 19.7. The second kappa shape index (κ2) is 7.34. The van der Waals surface area contributed by atoms with Gasteiger partial charge in [0.05, 0.1) is 16.5 Å². The summed E-state index contributed by atoms with van der Waals surface area (Å²) in [7, 11) is -2.73. The monoisotopic (exact) mass is 416 g/mol. The first-order valence-electron chi connectivity index (χ1n) is 9.10. The number of likely N-dealkylation sites (N-methyl/N-ethyl adjacent to an activating group) is 1. The molecule has 1 aliphatic rings. The lowest BCUT2D eigenvalue weighted by molar-refractivity contribution is 0.0784. The molecule has 0 saturated carbocycles. The summed E-state index contributed by atoms with van der Waals surface area (Å²) in [5.41, 5.74) is 2.15. The lowest BCUT2D eigenvalue weighted by Gasteiger charge is -2.31. The molecule has 3 aromatic carbocycles. The summed E-state index contributed by atoms with van der Waals surface area (Å²) in [6, 6.07) is 20.0. The van der Waals surface area contributed by atoms with E-state index >= 15 is 0 Å². The van der Waals surface area contributed by atoms with Gasteiger partial charge in [0.1, 0.15) is 0 Å². The molecule has 1 heterocycles. The van der Waals surface area contributed by atoms with Crippen LogP contribution in [-0.4, -0.2) is 37.4 Å². The summed E-state index contributed by atoms with van der Waals surface area (Å²) < 4.78 is 26.5. The van der Waals surface area contributed by atoms with Gasteiger partial charge in [0.15, 0.2) is 17.6 Å². The van der Waals surface area contributed by atoms with Gasteiger partial charge in [-0.3, -0.25) is 9.59 Å². The van der Waals surface area contributed by atoms with E-state index in [-0.39, 0.29) is 16.0 Å². The molecule has 1 atom stereocenters. The highest BCUT2D eigenvalue weighted by molar-refractivity contribution is 7.89. The second-order valence-corrected chi connectivity index (χ2v) is 8.89. The molecule has 148 valence electrons. The standard InChI is InChI=1S/C23H16N2O4S/c1-25-21(23(27)19-10-2-3-11-20(19)30(25,28)29)22(26)18-9-5-8-17(13-18)16-7-4-6-15(12-16)14-24/h2-13,21H,1H3. The van der Waals surface area contributed by atoms with E-state index in [1.807, 2.05) is 6.07 Å². The predicted octanol–water partition coefficient (Wildman–Crippen LogP) is 3.29. The fourth-order valence-corrected chi connectivity index (χ4v) is 5.04. The molecule has 3 aromatic rings. The lowest BCUT2D eigenvalue weighted by Crippen LogP contribution is -2.51. The molecule has 0 radical (unpaired) electrons. The Kier molecular flexibility index (Phi) is 4.82. The normalized spacial score (nSPS) is 17.7. The molecule has 0 N–H and O–H groups in total. The number of carbonyl (C=O) groups excluding carboxylic acids is 2. The zero-order valence-corrected chi connectivity index (χ0v) is 16.8. The maximum Gasteiger partial charge on any atom is 0.244 e. The van der Waals surface area contributed by atoms with E-state index in [1.165, 1.54) is 19.2 Å². The minimum absolute atomic E-state index is 0.0202. The summed E-state index contributed by atoms with van der Waals surface area (Å²) in [6.45, 7) is 0. The van der Waals surface area contributed by atoms with Crippen molar-refractivity contribution in [1.29, 1.82) is 5.26 Å². The van der Waals surface area contributed by atoms with Crippen LogP contribution in [0.15, 0.2) is 77.7 Å². The van der Waals surface area contributed by atoms with Crippen molar-refractivity contribution in [2.45, 2.75) is 10.9 Å². The van der Waals surface area contributed by atoms with Gasteiger partial charge in [-0.1, -0.05) is 42.5 Å². The van der Waals surface area contributed by atoms with E-state index in [9.17, 15) is 18.0 Å². The molecule has 6 nitrogen and oxygen atoms in total. The lowest BCUT2D eigenvalue weighted by atomic mass is 9.93. The van der Waals surface area contributed by atoms with Crippen LogP contribution >= 0.6 is 0 Å². The van der Waals surface area contributed by atoms with E-state index < -0.39 is 27.6 Å². The van der Waals surface area contributed by atoms with Crippen molar-refractivity contribution >= 4 is 21.6 Å². The highest BCUT2D eigenvalue weighted by atomic mass is 32.2. The average Bonchev–Trinajstić information content (AvgIpc) is 2.78. The third-order valence-corrected chi connectivity index (χ3v) is 7.02. The van der Waals surface area contributed by atoms with Crippen molar-refractivity contribution in [3.05, 3.63) is 89.5 Å². The number of sulfonamides is 1. The first-order valence-corrected chi connectivity index (χ1v) is 10.5. The van der Waals surface area contributed by atoms with Gasteiger partial charge in [-0.25, -0.2) is 8.42 Å². The van der Waals surface area contributed by atoms with Gasteiger partial charge in [-0.2, -0.15) is 9.57 Å². The molecule has 30 heavy (non-hydrogen) atoms. The number of fused-ring (bicyclic) bond motifs is 1. The largest absolute Gasteiger partial charge is 0.292 e. The molecule has 0 bridgehead atoms. The minimum atomic E-state index is -3.97. The van der Waals surface area contributed by atoms with Crippen LogP contribution in [0.1, 0.15) is 26.3 Å². The number of benzene rings is 3. The number of nitriles is 1. The Hall–Kier alpha value is -3.60. The highest BCUT2D eigenvalue weighted by Crippen LogP contribution is 2.31. The fraction of sp³-hybridized carbons (Fsp3) is 0.0870. The average molecular weight is 416 g/mol. The van der Waals surface area contributed by atoms with Crippen LogP contribution < -0.4 is 0 Å². The number of hydrogen-bond donors (Lipinski definition) is 0. The van der Waals surface area contributed by atoms with Gasteiger partial charge >= 0.3 is 0 Å². The van der Waals surface area contributed by atoms with Gasteiger partial charge in [0.25, 0.3) is 0 Å². The molecular weight excluding hydrogens is 400 g/mol. The highest BCUT2D eigenvalue weighted by Gasteiger charge is 2.45. The molecule has 0 aromatic heterocycles. The Labute approximate surface area is 174 Å². The van der Waals surface area contributed by atoms with Crippen LogP contribution in [0.2, 0.25) is 0 Å². The minimum Gasteiger partial charge on any atom is -0.292 e. The van der Waals surface area contributed by atoms with E-state index in [0.717, 1.165) is 9.87 Å². The third-order valence-electron chi connectivity index (χ3n) is 5.14. The topological polar surface area (TPSA) is 95.3 Å². The van der Waals surface area contributed by atoms with Crippen LogP contribution in [0, 0.1) is 11.3 Å². The van der Waals surface area contributed by atoms with Crippen molar-refractivity contribution in [3.8, 4) is 17.2 Å². The second-order valence-electron chi connectivity index (χ2n) is 6.92. The van der Waals surface area contributed by atoms with Crippen molar-refractivity contribution in [2.24, 2.45) is 0 Å². The summed E-state index contributed by atoms with van der Waals surface area (Å²) in [6.07, 6.45) is 0. The van der Waals surface area contributed by atoms with Gasteiger partial charge in [0, 0.05) is 18.2 Å². The molecular formula is C23H16N2O4S. The predicted molar refractivity (Wildman–Crippen MR) is 110 cm³/mol. The molecule has 0 fully saturated rings. The molecule has 0 aliphatic carbocycles. The molecule has 0 amide bonds. The Bertz CT molecular complexity index is 1340. The maximum absolute atomic E-state index is 13.2. The van der Waals surface area contributed by atoms with Crippen LogP contribution in [-0.2, 0) is 10.0 Å².